The topological polar surface area (TPSA) is 71.3 Å². The van der Waals surface area contributed by atoms with Crippen molar-refractivity contribution in [3.63, 3.8) is 0 Å². The van der Waals surface area contributed by atoms with Gasteiger partial charge in [-0.25, -0.2) is 0 Å². The first-order chi connectivity index (χ1) is 9.66. The van der Waals surface area contributed by atoms with Gasteiger partial charge in [-0.2, -0.15) is 0 Å². The van der Waals surface area contributed by atoms with E-state index in [-0.39, 0.29) is 5.04 Å². The molecule has 0 amide bonds. The highest BCUT2D eigenvalue weighted by molar-refractivity contribution is 6.72. The smallest absolute Gasteiger partial charge is 0.188 e. The summed E-state index contributed by atoms with van der Waals surface area (Å²) in [5.41, 5.74) is 1.60. The molecule has 0 aromatic heterocycles. The van der Waals surface area contributed by atoms with E-state index in [1.54, 1.807) is 26.4 Å². The highest BCUT2D eigenvalue weighted by Crippen LogP contribution is 2.43. The number of benzene rings is 1. The third-order valence-corrected chi connectivity index (χ3v) is 7.60. The summed E-state index contributed by atoms with van der Waals surface area (Å²) in [7, 11) is 0.835. The number of ether oxygens (including phenoxy) is 2. The summed E-state index contributed by atoms with van der Waals surface area (Å²) >= 11 is 0. The van der Waals surface area contributed by atoms with Gasteiger partial charge in [0.25, 0.3) is 0 Å². The maximum absolute atomic E-state index is 10.5. The van der Waals surface area contributed by atoms with Gasteiger partial charge >= 0.3 is 0 Å². The second kappa shape index (κ2) is 6.49. The summed E-state index contributed by atoms with van der Waals surface area (Å²) in [4.78, 5) is 10.5. The molecule has 6 heteroatoms. The molecule has 0 aliphatic carbocycles. The predicted octanol–water partition coefficient (Wildman–Crippen LogP) is 3.03. The maximum atomic E-state index is 10.5. The minimum atomic E-state index is -2.35. The molecule has 0 unspecified atom stereocenters. The van der Waals surface area contributed by atoms with Crippen molar-refractivity contribution in [2.45, 2.75) is 38.4 Å². The number of methoxy groups -OCH3 is 2. The molecule has 5 nitrogen and oxygen atoms in total. The fourth-order valence-corrected chi connectivity index (χ4v) is 2.59. The molecule has 1 aromatic rings. The van der Waals surface area contributed by atoms with E-state index >= 15 is 0 Å². The van der Waals surface area contributed by atoms with E-state index in [1.807, 2.05) is 13.1 Å². The summed E-state index contributed by atoms with van der Waals surface area (Å²) in [6.45, 7) is 7.97. The molecule has 0 heterocycles. The molecule has 0 radical (unpaired) electrons. The normalized spacial score (nSPS) is 12.7. The van der Waals surface area contributed by atoms with Crippen LogP contribution < -0.4 is 9.47 Å². The second-order valence-corrected chi connectivity index (χ2v) is 10.7. The van der Waals surface area contributed by atoms with Crippen LogP contribution in [-0.4, -0.2) is 38.8 Å². The van der Waals surface area contributed by atoms with Gasteiger partial charge in [-0.05, 0) is 36.7 Å². The van der Waals surface area contributed by atoms with Crippen molar-refractivity contribution >= 4 is 14.5 Å². The zero-order valence-electron chi connectivity index (χ0n) is 13.6. The number of nitrogens with zero attached hydrogens (tertiary/aromatic N) is 1. The van der Waals surface area contributed by atoms with E-state index in [9.17, 15) is 4.80 Å². The Kier molecular flexibility index (Phi) is 5.41. The number of hydrogen-bond acceptors (Lipinski definition) is 5. The summed E-state index contributed by atoms with van der Waals surface area (Å²) in [6.07, 6.45) is 1.97. The monoisotopic (exact) mass is 311 g/mol. The molecule has 0 saturated carbocycles. The molecule has 0 saturated heterocycles. The number of rotatable bonds is 6. The van der Waals surface area contributed by atoms with Gasteiger partial charge < -0.3 is 19.5 Å². The molecule has 21 heavy (non-hydrogen) atoms. The Balaban J connectivity index is 3.34. The van der Waals surface area contributed by atoms with Gasteiger partial charge in [-0.15, -0.1) is 0 Å². The molecule has 0 spiro atoms. The zero-order valence-corrected chi connectivity index (χ0v) is 14.6. The Hall–Kier alpha value is -1.53. The molecule has 0 aliphatic rings. The molecular formula is C15H25NO4Si. The molecule has 0 aliphatic heterocycles. The summed E-state index contributed by atoms with van der Waals surface area (Å²) < 4.78 is 10.9. The third kappa shape index (κ3) is 3.98. The maximum Gasteiger partial charge on any atom is 0.188 e. The van der Waals surface area contributed by atoms with Crippen LogP contribution in [0.25, 0.3) is 0 Å². The molecular weight excluding hydrogens is 286 g/mol. The van der Waals surface area contributed by atoms with E-state index in [2.05, 4.69) is 19.0 Å². The largest absolute Gasteiger partial charge is 0.496 e. The van der Waals surface area contributed by atoms with Gasteiger partial charge in [-0.3, -0.25) is 0 Å². The first kappa shape index (κ1) is 17.5. The molecule has 2 N–H and O–H groups in total. The molecule has 0 atom stereocenters. The van der Waals surface area contributed by atoms with Crippen LogP contribution >= 0.6 is 0 Å². The van der Waals surface area contributed by atoms with Gasteiger partial charge in [0.15, 0.2) is 8.32 Å². The van der Waals surface area contributed by atoms with Crippen molar-refractivity contribution in [3.05, 3.63) is 23.3 Å². The highest BCUT2D eigenvalue weighted by Gasteiger charge is 2.39. The van der Waals surface area contributed by atoms with E-state index in [0.717, 1.165) is 5.56 Å². The van der Waals surface area contributed by atoms with Gasteiger partial charge in [0.1, 0.15) is 11.5 Å². The van der Waals surface area contributed by atoms with Gasteiger partial charge in [0.2, 0.25) is 0 Å². The lowest BCUT2D eigenvalue weighted by Crippen LogP contribution is -2.40. The van der Waals surface area contributed by atoms with E-state index < -0.39 is 8.32 Å². The summed E-state index contributed by atoms with van der Waals surface area (Å²) in [5.74, 6) is 1.33. The Labute approximate surface area is 127 Å². The highest BCUT2D eigenvalue weighted by atomic mass is 28.4. The average Bonchev–Trinajstić information content (AvgIpc) is 2.38. The van der Waals surface area contributed by atoms with Crippen LogP contribution in [0.2, 0.25) is 18.1 Å². The van der Waals surface area contributed by atoms with E-state index in [0.29, 0.717) is 23.5 Å². The minimum absolute atomic E-state index is 0.236. The lowest BCUT2D eigenvalue weighted by Gasteiger charge is -2.35. The Bertz CT molecular complexity index is 496. The second-order valence-electron chi connectivity index (χ2n) is 6.27. The third-order valence-electron chi connectivity index (χ3n) is 4.11. The Morgan fingerprint density at radius 1 is 1.19 bits per heavy atom. The van der Waals surface area contributed by atoms with Gasteiger partial charge in [-0.1, -0.05) is 19.0 Å². The summed E-state index contributed by atoms with van der Waals surface area (Å²) in [6, 6.07) is 3.58. The minimum Gasteiger partial charge on any atom is -0.496 e. The molecule has 0 fully saturated rings. The van der Waals surface area contributed by atoms with Crippen LogP contribution in [0, 0.1) is 0 Å². The van der Waals surface area contributed by atoms with Crippen LogP contribution in [0.15, 0.2) is 17.3 Å². The van der Waals surface area contributed by atoms with Crippen LogP contribution in [0.3, 0.4) is 0 Å². The molecule has 1 rings (SSSR count). The molecule has 1 aromatic carbocycles. The molecule has 0 bridgehead atoms. The fourth-order valence-electron chi connectivity index (χ4n) is 1.98. The standard InChI is InChI=1S/C15H25NO4Si/c1-15(2,21(5,6)18)9-12-13(19-3)7-11(10-16-17)8-14(12)20-4/h7-8,10,17-18H,9H2,1-6H3/b16-10+. The first-order valence-electron chi connectivity index (χ1n) is 6.81. The van der Waals surface area contributed by atoms with Crippen LogP contribution in [0.4, 0.5) is 0 Å². The number of hydrogen-bond donors (Lipinski definition) is 2. The first-order valence-corrected chi connectivity index (χ1v) is 9.75. The predicted molar refractivity (Wildman–Crippen MR) is 86.4 cm³/mol. The summed E-state index contributed by atoms with van der Waals surface area (Å²) in [5, 5.41) is 11.5. The zero-order chi connectivity index (χ0) is 16.3. The quantitative estimate of drug-likeness (QED) is 0.367. The van der Waals surface area contributed by atoms with Crippen molar-refractivity contribution in [1.29, 1.82) is 0 Å². The Morgan fingerprint density at radius 3 is 2.00 bits per heavy atom. The van der Waals surface area contributed by atoms with Gasteiger partial charge in [0, 0.05) is 11.1 Å². The SMILES string of the molecule is COc1cc(/C=N/O)cc(OC)c1CC(C)(C)[Si](C)(C)O. The average molecular weight is 311 g/mol. The van der Waals surface area contributed by atoms with Crippen molar-refractivity contribution < 1.29 is 19.5 Å². The van der Waals surface area contributed by atoms with Crippen molar-refractivity contribution in [1.82, 2.24) is 0 Å². The fraction of sp³-hybridized carbons (Fsp3) is 0.533. The van der Waals surface area contributed by atoms with Crippen molar-refractivity contribution in [3.8, 4) is 11.5 Å². The lowest BCUT2D eigenvalue weighted by molar-refractivity contribution is 0.321. The lowest BCUT2D eigenvalue weighted by atomic mass is 9.98. The number of oxime groups is 1. The Morgan fingerprint density at radius 2 is 1.67 bits per heavy atom. The van der Waals surface area contributed by atoms with Crippen LogP contribution in [-0.2, 0) is 6.42 Å². The van der Waals surface area contributed by atoms with Crippen LogP contribution in [0.1, 0.15) is 25.0 Å². The van der Waals surface area contributed by atoms with Crippen molar-refractivity contribution in [2.24, 2.45) is 5.16 Å². The van der Waals surface area contributed by atoms with Gasteiger partial charge in [0.05, 0.1) is 20.4 Å². The molecule has 118 valence electrons. The van der Waals surface area contributed by atoms with Crippen LogP contribution in [0.5, 0.6) is 11.5 Å². The van der Waals surface area contributed by atoms with E-state index in [4.69, 9.17) is 14.7 Å². The van der Waals surface area contributed by atoms with Crippen molar-refractivity contribution in [2.75, 3.05) is 14.2 Å². The van der Waals surface area contributed by atoms with E-state index in [1.165, 1.54) is 6.21 Å².